The second kappa shape index (κ2) is 7.29. The van der Waals surface area contributed by atoms with Gasteiger partial charge in [-0.1, -0.05) is 0 Å². The van der Waals surface area contributed by atoms with E-state index in [1.54, 1.807) is 14.1 Å². The van der Waals surface area contributed by atoms with Crippen molar-refractivity contribution in [2.24, 2.45) is 0 Å². The number of carbonyl (C=O) groups excluding carboxylic acids is 1. The first-order valence-electron chi connectivity index (χ1n) is 2.16. The quantitative estimate of drug-likeness (QED) is 0.465. The number of carbonyl (C=O) groups is 1. The summed E-state index contributed by atoms with van der Waals surface area (Å²) in [7, 11) is 3.45. The lowest BCUT2D eigenvalue weighted by atomic mass is 10.7. The Labute approximate surface area is 57.5 Å². The van der Waals surface area contributed by atoms with Crippen LogP contribution in [-0.2, 0) is 16.4 Å². The number of hydrogen-bond acceptors (Lipinski definition) is 3. The average Bonchev–Trinajstić information content (AvgIpc) is 1.68. The summed E-state index contributed by atoms with van der Waals surface area (Å²) in [5, 5.41) is 0. The van der Waals surface area contributed by atoms with Crippen LogP contribution in [-0.4, -0.2) is 33.3 Å². The first kappa shape index (κ1) is 11.1. The molecule has 4 nitrogen and oxygen atoms in total. The van der Waals surface area contributed by atoms with Crippen molar-refractivity contribution >= 4 is 17.5 Å². The van der Waals surface area contributed by atoms with Crippen LogP contribution in [0.25, 0.3) is 0 Å². The van der Waals surface area contributed by atoms with E-state index in [4.69, 9.17) is 8.42 Å². The molecular formula is C4H9NO3S. The van der Waals surface area contributed by atoms with Crippen molar-refractivity contribution in [2.45, 2.75) is 6.92 Å². The lowest BCUT2D eigenvalue weighted by Gasteiger charge is -2.02. The van der Waals surface area contributed by atoms with Crippen LogP contribution in [0.3, 0.4) is 0 Å². The highest BCUT2D eigenvalue weighted by atomic mass is 32.1. The molecule has 0 spiro atoms. The van der Waals surface area contributed by atoms with Crippen LogP contribution >= 0.6 is 0 Å². The van der Waals surface area contributed by atoms with Gasteiger partial charge < -0.3 is 4.90 Å². The summed E-state index contributed by atoms with van der Waals surface area (Å²) < 4.78 is 16.6. The van der Waals surface area contributed by atoms with E-state index in [0.717, 1.165) is 0 Å². The first-order valence-corrected chi connectivity index (χ1v) is 2.82. The minimum absolute atomic E-state index is 0.0926. The van der Waals surface area contributed by atoms with Crippen molar-refractivity contribution in [1.82, 2.24) is 4.90 Å². The number of nitrogens with zero attached hydrogens (tertiary/aromatic N) is 1. The van der Waals surface area contributed by atoms with Crippen LogP contribution in [0.1, 0.15) is 6.92 Å². The molecule has 0 heterocycles. The SMILES string of the molecule is CC(=O)N(C)C.O=S=O. The number of amides is 1. The van der Waals surface area contributed by atoms with Crippen molar-refractivity contribution in [1.29, 1.82) is 0 Å². The summed E-state index contributed by atoms with van der Waals surface area (Å²) in [6, 6.07) is 0. The summed E-state index contributed by atoms with van der Waals surface area (Å²) >= 11 is -0.750. The summed E-state index contributed by atoms with van der Waals surface area (Å²) in [5.41, 5.74) is 0. The normalized spacial score (nSPS) is 6.56. The standard InChI is InChI=1S/C4H9NO.O2S/c1-4(6)5(2)3;1-3-2/h1-3H3;. The Morgan fingerprint density at radius 3 is 1.44 bits per heavy atom. The second-order valence-electron chi connectivity index (χ2n) is 1.48. The minimum Gasteiger partial charge on any atom is -0.349 e. The van der Waals surface area contributed by atoms with Gasteiger partial charge in [-0.2, -0.15) is 8.42 Å². The van der Waals surface area contributed by atoms with Gasteiger partial charge in [-0.3, -0.25) is 4.79 Å². The van der Waals surface area contributed by atoms with Crippen LogP contribution in [0.15, 0.2) is 0 Å². The summed E-state index contributed by atoms with van der Waals surface area (Å²) in [5.74, 6) is 0.0926. The van der Waals surface area contributed by atoms with Gasteiger partial charge in [-0.25, -0.2) is 0 Å². The Balaban J connectivity index is 0. The van der Waals surface area contributed by atoms with E-state index in [-0.39, 0.29) is 5.91 Å². The monoisotopic (exact) mass is 151 g/mol. The van der Waals surface area contributed by atoms with Crippen LogP contribution in [0.5, 0.6) is 0 Å². The molecule has 0 radical (unpaired) electrons. The predicted molar refractivity (Wildman–Crippen MR) is 33.3 cm³/mol. The zero-order valence-electron chi connectivity index (χ0n) is 5.58. The summed E-state index contributed by atoms with van der Waals surface area (Å²) in [6.45, 7) is 1.53. The van der Waals surface area contributed by atoms with Gasteiger partial charge in [0.1, 0.15) is 0 Å². The molecule has 0 saturated heterocycles. The van der Waals surface area contributed by atoms with E-state index in [1.165, 1.54) is 11.8 Å². The van der Waals surface area contributed by atoms with Gasteiger partial charge in [0, 0.05) is 21.0 Å². The molecule has 0 N–H and O–H groups in total. The topological polar surface area (TPSA) is 54.5 Å². The fourth-order valence-corrected chi connectivity index (χ4v) is 0. The lowest BCUT2D eigenvalue weighted by Crippen LogP contribution is -2.17. The third-order valence-corrected chi connectivity index (χ3v) is 0.630. The smallest absolute Gasteiger partial charge is 0.335 e. The average molecular weight is 151 g/mol. The Kier molecular flexibility index (Phi) is 9.02. The highest BCUT2D eigenvalue weighted by molar-refractivity contribution is 7.51. The number of hydrogen-bond donors (Lipinski definition) is 0. The molecule has 0 aromatic rings. The molecule has 0 aromatic carbocycles. The molecule has 0 fully saturated rings. The Bertz CT molecular complexity index is 117. The molecule has 0 aromatic heterocycles. The Morgan fingerprint density at radius 1 is 1.33 bits per heavy atom. The van der Waals surface area contributed by atoms with Crippen molar-refractivity contribution in [3.05, 3.63) is 0 Å². The van der Waals surface area contributed by atoms with Crippen LogP contribution in [0.4, 0.5) is 0 Å². The van der Waals surface area contributed by atoms with Gasteiger partial charge >= 0.3 is 11.6 Å². The van der Waals surface area contributed by atoms with E-state index >= 15 is 0 Å². The fraction of sp³-hybridized carbons (Fsp3) is 0.750. The molecule has 5 heteroatoms. The fourth-order valence-electron chi connectivity index (χ4n) is 0. The van der Waals surface area contributed by atoms with Gasteiger partial charge in [0.05, 0.1) is 0 Å². The molecule has 0 aliphatic heterocycles. The van der Waals surface area contributed by atoms with E-state index in [2.05, 4.69) is 0 Å². The van der Waals surface area contributed by atoms with Crippen LogP contribution in [0, 0.1) is 0 Å². The summed E-state index contributed by atoms with van der Waals surface area (Å²) in [6.07, 6.45) is 0. The van der Waals surface area contributed by atoms with Crippen LogP contribution < -0.4 is 0 Å². The number of rotatable bonds is 0. The summed E-state index contributed by atoms with van der Waals surface area (Å²) in [4.78, 5) is 11.6. The van der Waals surface area contributed by atoms with Gasteiger partial charge in [0.25, 0.3) is 0 Å². The highest BCUT2D eigenvalue weighted by Crippen LogP contribution is 1.69. The van der Waals surface area contributed by atoms with Crippen LogP contribution in [0.2, 0.25) is 0 Å². The lowest BCUT2D eigenvalue weighted by molar-refractivity contribution is -0.126. The van der Waals surface area contributed by atoms with Gasteiger partial charge in [0.2, 0.25) is 5.91 Å². The van der Waals surface area contributed by atoms with Crippen molar-refractivity contribution < 1.29 is 13.2 Å². The second-order valence-corrected chi connectivity index (χ2v) is 1.62. The first-order chi connectivity index (χ1) is 4.06. The van der Waals surface area contributed by atoms with Gasteiger partial charge in [0.15, 0.2) is 0 Å². The van der Waals surface area contributed by atoms with Crippen molar-refractivity contribution in [2.75, 3.05) is 14.1 Å². The molecule has 1 amide bonds. The molecule has 0 aliphatic rings. The molecule has 0 atom stereocenters. The Morgan fingerprint density at radius 2 is 1.44 bits per heavy atom. The molecule has 0 unspecified atom stereocenters. The maximum atomic E-state index is 10.1. The highest BCUT2D eigenvalue weighted by Gasteiger charge is 1.87. The van der Waals surface area contributed by atoms with E-state index in [1.807, 2.05) is 0 Å². The Hall–Kier alpha value is -0.710. The van der Waals surface area contributed by atoms with E-state index in [0.29, 0.717) is 0 Å². The molecule has 0 aliphatic carbocycles. The maximum absolute atomic E-state index is 10.1. The van der Waals surface area contributed by atoms with Gasteiger partial charge in [-0.05, 0) is 0 Å². The molecule has 54 valence electrons. The van der Waals surface area contributed by atoms with Crippen molar-refractivity contribution in [3.63, 3.8) is 0 Å². The molecule has 0 saturated carbocycles. The third-order valence-electron chi connectivity index (χ3n) is 0.630. The van der Waals surface area contributed by atoms with E-state index < -0.39 is 11.6 Å². The zero-order valence-corrected chi connectivity index (χ0v) is 6.40. The predicted octanol–water partition coefficient (Wildman–Crippen LogP) is -0.576. The third kappa shape index (κ3) is 18.8. The van der Waals surface area contributed by atoms with Gasteiger partial charge in [-0.15, -0.1) is 0 Å². The van der Waals surface area contributed by atoms with E-state index in [9.17, 15) is 4.79 Å². The molecular weight excluding hydrogens is 142 g/mol. The molecule has 0 bridgehead atoms. The maximum Gasteiger partial charge on any atom is 0.335 e. The van der Waals surface area contributed by atoms with Crippen molar-refractivity contribution in [3.8, 4) is 0 Å². The minimum atomic E-state index is -0.750. The largest absolute Gasteiger partial charge is 0.349 e. The zero-order chi connectivity index (χ0) is 7.86. The molecule has 9 heavy (non-hydrogen) atoms. The molecule has 0 rings (SSSR count).